The molecule has 0 aliphatic carbocycles. The van der Waals surface area contributed by atoms with Crippen LogP contribution in [0.25, 0.3) is 33.2 Å². The average Bonchev–Trinajstić information content (AvgIpc) is 3.55. The van der Waals surface area contributed by atoms with Crippen LogP contribution in [0.5, 0.6) is 5.75 Å². The van der Waals surface area contributed by atoms with Crippen molar-refractivity contribution in [3.05, 3.63) is 72.8 Å². The Bertz CT molecular complexity index is 1730. The molecule has 6 rings (SSSR count). The van der Waals surface area contributed by atoms with Gasteiger partial charge in [0.05, 0.1) is 7.11 Å². The summed E-state index contributed by atoms with van der Waals surface area (Å²) in [6.45, 7) is 2.13. The second kappa shape index (κ2) is 10.3. The summed E-state index contributed by atoms with van der Waals surface area (Å²) in [5.41, 5.74) is 4.18. The van der Waals surface area contributed by atoms with Gasteiger partial charge in [0, 0.05) is 42.0 Å². The Hall–Kier alpha value is -4.99. The van der Waals surface area contributed by atoms with Gasteiger partial charge in [0.2, 0.25) is 5.91 Å². The van der Waals surface area contributed by atoms with Gasteiger partial charge in [-0.25, -0.2) is 14.8 Å². The number of aryl methyl sites for hydroxylation is 1. The van der Waals surface area contributed by atoms with Gasteiger partial charge >= 0.3 is 5.97 Å². The largest absolute Gasteiger partial charge is 0.496 e. The molecule has 10 heteroatoms. The van der Waals surface area contributed by atoms with Crippen molar-refractivity contribution in [1.82, 2.24) is 15.0 Å². The first-order valence-corrected chi connectivity index (χ1v) is 12.9. The predicted molar refractivity (Wildman–Crippen MR) is 150 cm³/mol. The minimum Gasteiger partial charge on any atom is -0.496 e. The first kappa shape index (κ1) is 25.3. The van der Waals surface area contributed by atoms with Crippen molar-refractivity contribution in [2.24, 2.45) is 5.92 Å². The molecule has 1 aliphatic rings. The molecule has 1 fully saturated rings. The van der Waals surface area contributed by atoms with Crippen molar-refractivity contribution in [2.45, 2.75) is 25.8 Å². The summed E-state index contributed by atoms with van der Waals surface area (Å²) in [5, 5.41) is 13.8. The monoisotopic (exact) mass is 537 g/mol. The number of aliphatic carboxylic acids is 1. The number of hydrogen-bond donors (Lipinski definition) is 2. The third-order valence-corrected chi connectivity index (χ3v) is 7.21. The Balaban J connectivity index is 1.19. The molecule has 202 valence electrons. The van der Waals surface area contributed by atoms with E-state index in [2.05, 4.69) is 20.3 Å². The molecule has 0 bridgehead atoms. The lowest BCUT2D eigenvalue weighted by atomic mass is 10.0. The molecular formula is C30H27N5O5. The van der Waals surface area contributed by atoms with Gasteiger partial charge < -0.3 is 24.5 Å². The normalized spacial score (nSPS) is 16.9. The standard InChI is InChI=1S/C30H27N5O5/c1-17-32-27-21-5-3-4-6-25(21)40-28(27)29(33-17)35-16-18(13-23(35)30(37)38)14-26(36)34-20-9-7-19(8-10-20)22-15-31-12-11-24(22)39-2/h3-12,15,18,23H,13-14,16H2,1-2H3,(H,34,36)(H,37,38). The van der Waals surface area contributed by atoms with Crippen molar-refractivity contribution in [1.29, 1.82) is 0 Å². The van der Waals surface area contributed by atoms with Crippen LogP contribution in [0.4, 0.5) is 11.5 Å². The first-order valence-electron chi connectivity index (χ1n) is 12.9. The van der Waals surface area contributed by atoms with E-state index in [1.165, 1.54) is 0 Å². The second-order valence-corrected chi connectivity index (χ2v) is 9.88. The number of nitrogens with zero attached hydrogens (tertiary/aromatic N) is 4. The molecule has 40 heavy (non-hydrogen) atoms. The van der Waals surface area contributed by atoms with Crippen LogP contribution in [0.2, 0.25) is 0 Å². The van der Waals surface area contributed by atoms with Crippen molar-refractivity contribution < 1.29 is 23.8 Å². The molecule has 0 saturated carbocycles. The molecule has 0 spiro atoms. The zero-order valence-electron chi connectivity index (χ0n) is 22.0. The maximum Gasteiger partial charge on any atom is 0.326 e. The van der Waals surface area contributed by atoms with Crippen LogP contribution in [0.3, 0.4) is 0 Å². The van der Waals surface area contributed by atoms with Crippen LogP contribution in [0.1, 0.15) is 18.7 Å². The number of benzene rings is 2. The summed E-state index contributed by atoms with van der Waals surface area (Å²) in [6.07, 6.45) is 3.88. The molecule has 4 heterocycles. The molecular weight excluding hydrogens is 510 g/mol. The van der Waals surface area contributed by atoms with Gasteiger partial charge in [0.1, 0.15) is 28.7 Å². The summed E-state index contributed by atoms with van der Waals surface area (Å²) in [5.74, 6) is 0.335. The number of pyridine rings is 1. The molecule has 2 N–H and O–H groups in total. The number of carbonyl (C=O) groups excluding carboxylic acids is 1. The number of amides is 1. The highest BCUT2D eigenvalue weighted by Crippen LogP contribution is 2.38. The number of carbonyl (C=O) groups is 2. The predicted octanol–water partition coefficient (Wildman–Crippen LogP) is 5.06. The molecule has 0 radical (unpaired) electrons. The van der Waals surface area contributed by atoms with E-state index >= 15 is 0 Å². The van der Waals surface area contributed by atoms with Crippen molar-refractivity contribution in [2.75, 3.05) is 23.9 Å². The van der Waals surface area contributed by atoms with Gasteiger partial charge in [-0.2, -0.15) is 0 Å². The third-order valence-electron chi connectivity index (χ3n) is 7.21. The molecule has 2 atom stereocenters. The Morgan fingerprint density at radius 3 is 2.70 bits per heavy atom. The highest BCUT2D eigenvalue weighted by atomic mass is 16.5. The fourth-order valence-corrected chi connectivity index (χ4v) is 5.40. The molecule has 2 unspecified atom stereocenters. The molecule has 10 nitrogen and oxygen atoms in total. The van der Waals surface area contributed by atoms with Crippen LogP contribution in [0.15, 0.2) is 71.4 Å². The molecule has 3 aromatic heterocycles. The smallest absolute Gasteiger partial charge is 0.326 e. The van der Waals surface area contributed by atoms with E-state index in [0.717, 1.165) is 16.5 Å². The number of anilines is 2. The summed E-state index contributed by atoms with van der Waals surface area (Å²) >= 11 is 0. The number of ether oxygens (including phenoxy) is 1. The van der Waals surface area contributed by atoms with Crippen molar-refractivity contribution in [3.8, 4) is 16.9 Å². The van der Waals surface area contributed by atoms with Gasteiger partial charge in [-0.15, -0.1) is 0 Å². The summed E-state index contributed by atoms with van der Waals surface area (Å²) in [6, 6.07) is 15.9. The number of rotatable bonds is 7. The number of fused-ring (bicyclic) bond motifs is 3. The van der Waals surface area contributed by atoms with Gasteiger partial charge in [-0.3, -0.25) is 9.78 Å². The summed E-state index contributed by atoms with van der Waals surface area (Å²) in [4.78, 5) is 40.3. The molecule has 1 amide bonds. The zero-order valence-corrected chi connectivity index (χ0v) is 22.0. The highest BCUT2D eigenvalue weighted by Gasteiger charge is 2.40. The Kier molecular flexibility index (Phi) is 6.51. The molecule has 1 saturated heterocycles. The van der Waals surface area contributed by atoms with E-state index < -0.39 is 12.0 Å². The maximum atomic E-state index is 13.0. The lowest BCUT2D eigenvalue weighted by molar-refractivity contribution is -0.138. The molecule has 5 aromatic rings. The minimum absolute atomic E-state index is 0.172. The van der Waals surface area contributed by atoms with E-state index in [1.807, 2.05) is 48.5 Å². The summed E-state index contributed by atoms with van der Waals surface area (Å²) in [7, 11) is 1.61. The van der Waals surface area contributed by atoms with Crippen molar-refractivity contribution in [3.63, 3.8) is 0 Å². The maximum absolute atomic E-state index is 13.0. The lowest BCUT2D eigenvalue weighted by Crippen LogP contribution is -2.36. The lowest BCUT2D eigenvalue weighted by Gasteiger charge is -2.22. The SMILES string of the molecule is COc1ccncc1-c1ccc(NC(=O)CC2CC(C(=O)O)N(c3nc(C)nc4c3oc3ccccc34)C2)cc1. The van der Waals surface area contributed by atoms with E-state index in [0.29, 0.717) is 52.7 Å². The van der Waals surface area contributed by atoms with Gasteiger partial charge in [0.25, 0.3) is 0 Å². The van der Waals surface area contributed by atoms with Crippen LogP contribution >= 0.6 is 0 Å². The topological polar surface area (TPSA) is 131 Å². The van der Waals surface area contributed by atoms with Crippen LogP contribution in [0, 0.1) is 12.8 Å². The number of furan rings is 1. The average molecular weight is 538 g/mol. The number of aromatic nitrogens is 3. The number of nitrogens with one attached hydrogen (secondary N) is 1. The van der Waals surface area contributed by atoms with Crippen LogP contribution in [-0.2, 0) is 9.59 Å². The van der Waals surface area contributed by atoms with Gasteiger partial charge in [-0.05, 0) is 55.2 Å². The fraction of sp³-hybridized carbons (Fsp3) is 0.233. The third kappa shape index (κ3) is 4.68. The minimum atomic E-state index is -0.968. The number of hydrogen-bond acceptors (Lipinski definition) is 8. The number of para-hydroxylation sites is 1. The number of carboxylic acid groups (broad SMARTS) is 1. The Morgan fingerprint density at radius 1 is 1.12 bits per heavy atom. The quantitative estimate of drug-likeness (QED) is 0.292. The van der Waals surface area contributed by atoms with Gasteiger partial charge in [-0.1, -0.05) is 24.3 Å². The Morgan fingerprint density at radius 2 is 1.93 bits per heavy atom. The van der Waals surface area contributed by atoms with E-state index in [9.17, 15) is 14.7 Å². The Labute approximate surface area is 229 Å². The first-order chi connectivity index (χ1) is 19.4. The van der Waals surface area contributed by atoms with Crippen molar-refractivity contribution >= 4 is 45.5 Å². The second-order valence-electron chi connectivity index (χ2n) is 9.88. The summed E-state index contributed by atoms with van der Waals surface area (Å²) < 4.78 is 11.5. The van der Waals surface area contributed by atoms with Crippen LogP contribution in [-0.4, -0.2) is 51.6 Å². The molecule has 1 aliphatic heterocycles. The van der Waals surface area contributed by atoms with Crippen LogP contribution < -0.4 is 15.0 Å². The van der Waals surface area contributed by atoms with E-state index in [-0.39, 0.29) is 18.2 Å². The fourth-order valence-electron chi connectivity index (χ4n) is 5.40. The number of carboxylic acids is 1. The van der Waals surface area contributed by atoms with E-state index in [4.69, 9.17) is 9.15 Å². The van der Waals surface area contributed by atoms with E-state index in [1.54, 1.807) is 37.4 Å². The zero-order chi connectivity index (χ0) is 27.8. The molecule has 2 aromatic carbocycles. The number of methoxy groups -OCH3 is 1. The van der Waals surface area contributed by atoms with Gasteiger partial charge in [0.15, 0.2) is 11.4 Å². The highest BCUT2D eigenvalue weighted by molar-refractivity contribution is 6.06.